The van der Waals surface area contributed by atoms with Crippen molar-refractivity contribution >= 4 is 0 Å². The summed E-state index contributed by atoms with van der Waals surface area (Å²) in [6.07, 6.45) is 5.91. The number of imidazole rings is 1. The summed E-state index contributed by atoms with van der Waals surface area (Å²) in [5, 5.41) is 0. The first-order valence-electron chi connectivity index (χ1n) is 5.32. The molecule has 0 aromatic carbocycles. The number of nitrogens with zero attached hydrogens (tertiary/aromatic N) is 2. The second-order valence-electron chi connectivity index (χ2n) is 3.91. The maximum Gasteiger partial charge on any atom is 0.125 e. The van der Waals surface area contributed by atoms with Crippen LogP contribution in [0.3, 0.4) is 0 Å². The summed E-state index contributed by atoms with van der Waals surface area (Å²) in [6, 6.07) is 0.526. The molecule has 1 aromatic heterocycles. The minimum atomic E-state index is 0.229. The minimum absolute atomic E-state index is 0.229. The third-order valence-electron chi connectivity index (χ3n) is 2.86. The Bertz CT molecular complexity index is 268. The van der Waals surface area contributed by atoms with Crippen LogP contribution in [-0.4, -0.2) is 34.0 Å². The first-order chi connectivity index (χ1) is 6.83. The summed E-state index contributed by atoms with van der Waals surface area (Å²) < 4.78 is 0. The lowest BCUT2D eigenvalue weighted by Crippen LogP contribution is -2.33. The summed E-state index contributed by atoms with van der Waals surface area (Å²) in [6.45, 7) is 4.41. The number of aromatic nitrogens is 2. The van der Waals surface area contributed by atoms with Crippen LogP contribution in [0.15, 0.2) is 12.4 Å². The molecule has 2 atom stereocenters. The predicted molar refractivity (Wildman–Crippen MR) is 55.8 cm³/mol. The normalized spacial score (nSPS) is 28.4. The highest BCUT2D eigenvalue weighted by Gasteiger charge is 2.33. The number of aromatic amines is 1. The van der Waals surface area contributed by atoms with Crippen molar-refractivity contribution in [3.8, 4) is 0 Å². The van der Waals surface area contributed by atoms with Crippen LogP contribution in [0.4, 0.5) is 0 Å². The molecule has 0 bridgehead atoms. The van der Waals surface area contributed by atoms with Crippen molar-refractivity contribution in [3.63, 3.8) is 0 Å². The Balaban J connectivity index is 2.13. The average molecular weight is 194 g/mol. The number of nitrogens with one attached hydrogen (secondary N) is 1. The highest BCUT2D eigenvalue weighted by molar-refractivity contribution is 5.04. The lowest BCUT2D eigenvalue weighted by Gasteiger charge is -2.24. The van der Waals surface area contributed by atoms with Crippen LogP contribution in [0, 0.1) is 0 Å². The van der Waals surface area contributed by atoms with E-state index in [-0.39, 0.29) is 6.04 Å². The van der Waals surface area contributed by atoms with Crippen LogP contribution < -0.4 is 5.73 Å². The van der Waals surface area contributed by atoms with Gasteiger partial charge in [-0.05, 0) is 19.4 Å². The first-order valence-corrected chi connectivity index (χ1v) is 5.32. The molecular formula is C10H18N4. The van der Waals surface area contributed by atoms with Gasteiger partial charge >= 0.3 is 0 Å². The Morgan fingerprint density at radius 1 is 1.71 bits per heavy atom. The molecule has 14 heavy (non-hydrogen) atoms. The molecule has 0 aliphatic carbocycles. The van der Waals surface area contributed by atoms with Crippen LogP contribution in [-0.2, 0) is 0 Å². The molecule has 78 valence electrons. The van der Waals surface area contributed by atoms with Gasteiger partial charge in [0.05, 0.1) is 6.04 Å². The molecule has 0 amide bonds. The van der Waals surface area contributed by atoms with E-state index in [9.17, 15) is 0 Å². The van der Waals surface area contributed by atoms with Crippen molar-refractivity contribution in [2.24, 2.45) is 5.73 Å². The smallest absolute Gasteiger partial charge is 0.125 e. The molecular weight excluding hydrogens is 176 g/mol. The van der Waals surface area contributed by atoms with Gasteiger partial charge in [-0.1, -0.05) is 6.92 Å². The molecule has 4 nitrogen and oxygen atoms in total. The summed E-state index contributed by atoms with van der Waals surface area (Å²) >= 11 is 0. The Morgan fingerprint density at radius 2 is 2.57 bits per heavy atom. The van der Waals surface area contributed by atoms with Gasteiger partial charge in [0.2, 0.25) is 0 Å². The van der Waals surface area contributed by atoms with E-state index < -0.39 is 0 Å². The number of rotatable bonds is 3. The molecule has 4 heteroatoms. The van der Waals surface area contributed by atoms with Gasteiger partial charge in [-0.15, -0.1) is 0 Å². The van der Waals surface area contributed by atoms with Gasteiger partial charge in [0.15, 0.2) is 0 Å². The third-order valence-corrected chi connectivity index (χ3v) is 2.86. The van der Waals surface area contributed by atoms with Crippen molar-refractivity contribution in [1.29, 1.82) is 0 Å². The Hall–Kier alpha value is -0.870. The average Bonchev–Trinajstić information content (AvgIpc) is 2.76. The second-order valence-corrected chi connectivity index (χ2v) is 3.91. The molecule has 0 saturated carbocycles. The van der Waals surface area contributed by atoms with E-state index in [0.29, 0.717) is 6.04 Å². The summed E-state index contributed by atoms with van der Waals surface area (Å²) in [4.78, 5) is 9.89. The van der Waals surface area contributed by atoms with Gasteiger partial charge in [-0.3, -0.25) is 4.90 Å². The van der Waals surface area contributed by atoms with Gasteiger partial charge in [-0.2, -0.15) is 0 Å². The molecule has 1 aliphatic rings. The lowest BCUT2D eigenvalue weighted by atomic mass is 10.1. The molecule has 1 fully saturated rings. The van der Waals surface area contributed by atoms with Gasteiger partial charge < -0.3 is 10.7 Å². The SMILES string of the molecule is CCCN1CCC(N)C1c1ncc[nH]1. The third kappa shape index (κ3) is 1.67. The maximum atomic E-state index is 6.09. The number of hydrogen-bond donors (Lipinski definition) is 2. The van der Waals surface area contributed by atoms with E-state index in [2.05, 4.69) is 21.8 Å². The molecule has 3 N–H and O–H groups in total. The van der Waals surface area contributed by atoms with Crippen molar-refractivity contribution in [1.82, 2.24) is 14.9 Å². The Labute approximate surface area is 84.5 Å². The van der Waals surface area contributed by atoms with Crippen LogP contribution in [0.25, 0.3) is 0 Å². The molecule has 2 rings (SSSR count). The largest absolute Gasteiger partial charge is 0.347 e. The predicted octanol–water partition coefficient (Wildman–Crippen LogP) is 0.894. The maximum absolute atomic E-state index is 6.09. The molecule has 1 saturated heterocycles. The van der Waals surface area contributed by atoms with Crippen LogP contribution in [0.1, 0.15) is 31.6 Å². The Morgan fingerprint density at radius 3 is 3.21 bits per heavy atom. The fourth-order valence-electron chi connectivity index (χ4n) is 2.24. The van der Waals surface area contributed by atoms with Gasteiger partial charge in [-0.25, -0.2) is 4.98 Å². The van der Waals surface area contributed by atoms with Crippen molar-refractivity contribution in [2.45, 2.75) is 31.8 Å². The van der Waals surface area contributed by atoms with E-state index in [1.54, 1.807) is 6.20 Å². The zero-order valence-corrected chi connectivity index (χ0v) is 8.61. The fraction of sp³-hybridized carbons (Fsp3) is 0.700. The first kappa shape index (κ1) is 9.68. The molecule has 1 aliphatic heterocycles. The van der Waals surface area contributed by atoms with E-state index in [1.807, 2.05) is 6.20 Å². The highest BCUT2D eigenvalue weighted by atomic mass is 15.2. The van der Waals surface area contributed by atoms with Gasteiger partial charge in [0, 0.05) is 25.0 Å². The standard InChI is InChI=1S/C10H18N4/c1-2-6-14-7-3-8(11)9(14)10-12-4-5-13-10/h4-5,8-9H,2-3,6-7,11H2,1H3,(H,12,13). The van der Waals surface area contributed by atoms with Gasteiger partial charge in [0.1, 0.15) is 5.82 Å². The van der Waals surface area contributed by atoms with Gasteiger partial charge in [0.25, 0.3) is 0 Å². The lowest BCUT2D eigenvalue weighted by molar-refractivity contribution is 0.240. The molecule has 2 unspecified atom stereocenters. The summed E-state index contributed by atoms with van der Waals surface area (Å²) in [7, 11) is 0. The number of hydrogen-bond acceptors (Lipinski definition) is 3. The molecule has 2 heterocycles. The monoisotopic (exact) mass is 194 g/mol. The molecule has 0 radical (unpaired) electrons. The number of likely N-dealkylation sites (tertiary alicyclic amines) is 1. The topological polar surface area (TPSA) is 57.9 Å². The van der Waals surface area contributed by atoms with Crippen molar-refractivity contribution < 1.29 is 0 Å². The van der Waals surface area contributed by atoms with Crippen LogP contribution in [0.2, 0.25) is 0 Å². The van der Waals surface area contributed by atoms with Crippen molar-refractivity contribution in [2.75, 3.05) is 13.1 Å². The zero-order chi connectivity index (χ0) is 9.97. The molecule has 1 aromatic rings. The number of nitrogens with two attached hydrogens (primary N) is 1. The second kappa shape index (κ2) is 4.11. The highest BCUT2D eigenvalue weighted by Crippen LogP contribution is 2.28. The minimum Gasteiger partial charge on any atom is -0.347 e. The Kier molecular flexibility index (Phi) is 2.84. The molecule has 0 spiro atoms. The summed E-state index contributed by atoms with van der Waals surface area (Å²) in [5.74, 6) is 1.02. The number of H-pyrrole nitrogens is 1. The van der Waals surface area contributed by atoms with E-state index in [1.165, 1.54) is 6.42 Å². The zero-order valence-electron chi connectivity index (χ0n) is 8.61. The van der Waals surface area contributed by atoms with Crippen LogP contribution in [0.5, 0.6) is 0 Å². The van der Waals surface area contributed by atoms with E-state index in [0.717, 1.165) is 25.3 Å². The summed E-state index contributed by atoms with van der Waals surface area (Å²) in [5.41, 5.74) is 6.09. The van der Waals surface area contributed by atoms with E-state index in [4.69, 9.17) is 5.73 Å². The van der Waals surface area contributed by atoms with E-state index >= 15 is 0 Å². The van der Waals surface area contributed by atoms with Crippen LogP contribution >= 0.6 is 0 Å². The van der Waals surface area contributed by atoms with Crippen molar-refractivity contribution in [3.05, 3.63) is 18.2 Å². The fourth-order valence-corrected chi connectivity index (χ4v) is 2.24. The quantitative estimate of drug-likeness (QED) is 0.751.